The van der Waals surface area contributed by atoms with Gasteiger partial charge in [-0.3, -0.25) is 9.78 Å². The molecule has 0 saturated heterocycles. The van der Waals surface area contributed by atoms with Crippen LogP contribution < -0.4 is 5.73 Å². The minimum absolute atomic E-state index is 0.0488. The molecule has 0 fully saturated rings. The van der Waals surface area contributed by atoms with Crippen molar-refractivity contribution < 1.29 is 10.0 Å². The van der Waals surface area contributed by atoms with Crippen LogP contribution in [-0.4, -0.2) is 38.9 Å². The number of oxime groups is 1. The van der Waals surface area contributed by atoms with Crippen molar-refractivity contribution in [2.75, 3.05) is 7.05 Å². The summed E-state index contributed by atoms with van der Waals surface area (Å²) in [5.74, 6) is -0.267. The standard InChI is InChI=1S/C12H13N5O2S/c1-17(5-9-6-20-7-15-9)12(18)10-3-2-8(4-14-10)11(13)16-19/h2-4,6-7,19H,5H2,1H3,(H2,13,16). The first kappa shape index (κ1) is 13.9. The van der Waals surface area contributed by atoms with Crippen LogP contribution in [0, 0.1) is 0 Å². The first-order valence-corrected chi connectivity index (χ1v) is 6.62. The lowest BCUT2D eigenvalue weighted by Gasteiger charge is -2.15. The molecule has 0 atom stereocenters. The van der Waals surface area contributed by atoms with Crippen molar-refractivity contribution in [2.24, 2.45) is 10.9 Å². The van der Waals surface area contributed by atoms with Gasteiger partial charge >= 0.3 is 0 Å². The van der Waals surface area contributed by atoms with E-state index in [9.17, 15) is 4.79 Å². The van der Waals surface area contributed by atoms with E-state index in [0.717, 1.165) is 5.69 Å². The first-order chi connectivity index (χ1) is 9.61. The van der Waals surface area contributed by atoms with Gasteiger partial charge in [-0.05, 0) is 12.1 Å². The minimum Gasteiger partial charge on any atom is -0.409 e. The zero-order valence-electron chi connectivity index (χ0n) is 10.7. The Hall–Kier alpha value is -2.48. The summed E-state index contributed by atoms with van der Waals surface area (Å²) >= 11 is 1.48. The van der Waals surface area contributed by atoms with Gasteiger partial charge in [-0.15, -0.1) is 11.3 Å². The molecule has 2 aromatic heterocycles. The van der Waals surface area contributed by atoms with E-state index in [-0.39, 0.29) is 17.4 Å². The van der Waals surface area contributed by atoms with Gasteiger partial charge in [0.1, 0.15) is 5.69 Å². The molecule has 104 valence electrons. The van der Waals surface area contributed by atoms with Crippen molar-refractivity contribution in [3.8, 4) is 0 Å². The zero-order valence-corrected chi connectivity index (χ0v) is 11.5. The average Bonchev–Trinajstić information content (AvgIpc) is 2.98. The summed E-state index contributed by atoms with van der Waals surface area (Å²) < 4.78 is 0. The number of carbonyl (C=O) groups excluding carboxylic acids is 1. The molecule has 0 aliphatic carbocycles. The van der Waals surface area contributed by atoms with Crippen molar-refractivity contribution in [2.45, 2.75) is 6.54 Å². The second kappa shape index (κ2) is 6.11. The van der Waals surface area contributed by atoms with Crippen LogP contribution in [0.15, 0.2) is 34.4 Å². The number of thiazole rings is 1. The molecule has 0 bridgehead atoms. The molecule has 2 rings (SSSR count). The van der Waals surface area contributed by atoms with Crippen LogP contribution in [0.3, 0.4) is 0 Å². The molecule has 8 heteroatoms. The molecule has 0 aliphatic heterocycles. The summed E-state index contributed by atoms with van der Waals surface area (Å²) in [6.45, 7) is 0.423. The minimum atomic E-state index is -0.218. The van der Waals surface area contributed by atoms with Gasteiger partial charge in [0, 0.05) is 24.2 Å². The summed E-state index contributed by atoms with van der Waals surface area (Å²) in [7, 11) is 1.68. The van der Waals surface area contributed by atoms with Crippen molar-refractivity contribution >= 4 is 23.1 Å². The third-order valence-corrected chi connectivity index (χ3v) is 3.25. The molecule has 2 aromatic rings. The SMILES string of the molecule is CN(Cc1cscn1)C(=O)c1ccc(C(N)=NO)cn1. The second-order valence-corrected chi connectivity index (χ2v) is 4.78. The summed E-state index contributed by atoms with van der Waals surface area (Å²) in [5.41, 5.74) is 8.72. The van der Waals surface area contributed by atoms with Crippen molar-refractivity contribution in [3.63, 3.8) is 0 Å². The Balaban J connectivity index is 2.09. The molecule has 2 heterocycles. The monoisotopic (exact) mass is 291 g/mol. The van der Waals surface area contributed by atoms with Crippen molar-refractivity contribution in [1.82, 2.24) is 14.9 Å². The van der Waals surface area contributed by atoms with Crippen LogP contribution in [0.1, 0.15) is 21.7 Å². The molecular formula is C12H13N5O2S. The van der Waals surface area contributed by atoms with Crippen LogP contribution in [-0.2, 0) is 6.54 Å². The summed E-state index contributed by atoms with van der Waals surface area (Å²) in [5, 5.41) is 13.3. The number of aromatic nitrogens is 2. The predicted octanol–water partition coefficient (Wildman–Crippen LogP) is 0.905. The quantitative estimate of drug-likeness (QED) is 0.377. The third kappa shape index (κ3) is 3.09. The number of amides is 1. The molecule has 7 nitrogen and oxygen atoms in total. The van der Waals surface area contributed by atoms with E-state index in [2.05, 4.69) is 15.1 Å². The normalized spacial score (nSPS) is 11.3. The Morgan fingerprint density at radius 2 is 2.30 bits per heavy atom. The molecule has 20 heavy (non-hydrogen) atoms. The number of pyridine rings is 1. The number of nitrogens with zero attached hydrogens (tertiary/aromatic N) is 4. The van der Waals surface area contributed by atoms with Crippen LogP contribution in [0.2, 0.25) is 0 Å². The Morgan fingerprint density at radius 1 is 1.50 bits per heavy atom. The molecule has 3 N–H and O–H groups in total. The molecule has 0 spiro atoms. The van der Waals surface area contributed by atoms with Gasteiger partial charge in [0.25, 0.3) is 5.91 Å². The average molecular weight is 291 g/mol. The zero-order chi connectivity index (χ0) is 14.5. The van der Waals surface area contributed by atoms with E-state index < -0.39 is 0 Å². The molecule has 0 radical (unpaired) electrons. The van der Waals surface area contributed by atoms with E-state index in [0.29, 0.717) is 12.1 Å². The highest BCUT2D eigenvalue weighted by molar-refractivity contribution is 7.07. The van der Waals surface area contributed by atoms with Gasteiger partial charge in [-0.25, -0.2) is 4.98 Å². The van der Waals surface area contributed by atoms with Crippen molar-refractivity contribution in [1.29, 1.82) is 0 Å². The topological polar surface area (TPSA) is 105 Å². The van der Waals surface area contributed by atoms with E-state index in [1.807, 2.05) is 5.38 Å². The third-order valence-electron chi connectivity index (χ3n) is 2.62. The fraction of sp³-hybridized carbons (Fsp3) is 0.167. The van der Waals surface area contributed by atoms with E-state index in [1.165, 1.54) is 28.5 Å². The van der Waals surface area contributed by atoms with E-state index >= 15 is 0 Å². The maximum atomic E-state index is 12.1. The van der Waals surface area contributed by atoms with E-state index in [4.69, 9.17) is 10.9 Å². The first-order valence-electron chi connectivity index (χ1n) is 5.68. The Labute approximate surface area is 119 Å². The van der Waals surface area contributed by atoms with Gasteiger partial charge in [0.2, 0.25) is 0 Å². The number of nitrogens with two attached hydrogens (primary N) is 1. The highest BCUT2D eigenvalue weighted by Gasteiger charge is 2.14. The van der Waals surface area contributed by atoms with Gasteiger partial charge in [0.05, 0.1) is 17.7 Å². The molecular weight excluding hydrogens is 278 g/mol. The fourth-order valence-electron chi connectivity index (χ4n) is 1.56. The molecule has 0 saturated carbocycles. The van der Waals surface area contributed by atoms with Gasteiger partial charge < -0.3 is 15.8 Å². The second-order valence-electron chi connectivity index (χ2n) is 4.06. The number of carbonyl (C=O) groups is 1. The predicted molar refractivity (Wildman–Crippen MR) is 74.7 cm³/mol. The summed E-state index contributed by atoms with van der Waals surface area (Å²) in [6.07, 6.45) is 1.39. The maximum Gasteiger partial charge on any atom is 0.272 e. The molecule has 0 aromatic carbocycles. The lowest BCUT2D eigenvalue weighted by Crippen LogP contribution is -2.27. The highest BCUT2D eigenvalue weighted by atomic mass is 32.1. The highest BCUT2D eigenvalue weighted by Crippen LogP contribution is 2.08. The number of amidine groups is 1. The van der Waals surface area contributed by atoms with Crippen molar-refractivity contribution in [3.05, 3.63) is 46.2 Å². The lowest BCUT2D eigenvalue weighted by molar-refractivity contribution is 0.0778. The Kier molecular flexibility index (Phi) is 4.26. The van der Waals surface area contributed by atoms with Crippen LogP contribution in [0.25, 0.3) is 0 Å². The van der Waals surface area contributed by atoms with Gasteiger partial charge in [-0.1, -0.05) is 5.16 Å². The number of hydrogen-bond donors (Lipinski definition) is 2. The van der Waals surface area contributed by atoms with Crippen LogP contribution >= 0.6 is 11.3 Å². The van der Waals surface area contributed by atoms with Gasteiger partial charge in [0.15, 0.2) is 5.84 Å². The molecule has 1 amide bonds. The lowest BCUT2D eigenvalue weighted by atomic mass is 10.2. The molecule has 0 aliphatic rings. The van der Waals surface area contributed by atoms with Gasteiger partial charge in [-0.2, -0.15) is 0 Å². The smallest absolute Gasteiger partial charge is 0.272 e. The van der Waals surface area contributed by atoms with Crippen LogP contribution in [0.5, 0.6) is 0 Å². The maximum absolute atomic E-state index is 12.1. The fourth-order valence-corrected chi connectivity index (χ4v) is 2.11. The Bertz CT molecular complexity index is 609. The molecule has 0 unspecified atom stereocenters. The number of rotatable bonds is 4. The summed E-state index contributed by atoms with van der Waals surface area (Å²) in [6, 6.07) is 3.11. The number of hydrogen-bond acceptors (Lipinski definition) is 6. The summed E-state index contributed by atoms with van der Waals surface area (Å²) in [4.78, 5) is 21.8. The largest absolute Gasteiger partial charge is 0.409 e. The Morgan fingerprint density at radius 3 is 2.85 bits per heavy atom. The van der Waals surface area contributed by atoms with Crippen LogP contribution in [0.4, 0.5) is 0 Å². The van der Waals surface area contributed by atoms with E-state index in [1.54, 1.807) is 18.6 Å².